The molecule has 314 valence electrons. The summed E-state index contributed by atoms with van der Waals surface area (Å²) in [6, 6.07) is 96.4. The van der Waals surface area contributed by atoms with Gasteiger partial charge in [-0.05, 0) is 121 Å². The summed E-state index contributed by atoms with van der Waals surface area (Å²) in [5.74, 6) is 0. The second kappa shape index (κ2) is 16.0. The van der Waals surface area contributed by atoms with Crippen LogP contribution in [0.5, 0.6) is 0 Å². The molecular weight excluding hydrogens is 827 g/mol. The van der Waals surface area contributed by atoms with Gasteiger partial charge in [-0.1, -0.05) is 212 Å². The van der Waals surface area contributed by atoms with Gasteiger partial charge in [-0.2, -0.15) is 0 Å². The number of fused-ring (bicyclic) bond motifs is 7. The highest BCUT2D eigenvalue weighted by Crippen LogP contribution is 2.59. The van der Waals surface area contributed by atoms with E-state index in [9.17, 15) is 0 Å². The van der Waals surface area contributed by atoms with Gasteiger partial charge in [0.15, 0.2) is 0 Å². The van der Waals surface area contributed by atoms with Gasteiger partial charge in [-0.25, -0.2) is 0 Å². The maximum Gasteiger partial charge on any atom is 0.0714 e. The molecule has 0 saturated heterocycles. The molecule has 1 aliphatic rings. The minimum Gasteiger partial charge on any atom is -0.310 e. The first kappa shape index (κ1) is 39.1. The largest absolute Gasteiger partial charge is 0.310 e. The fourth-order valence-corrected chi connectivity index (χ4v) is 12.2. The normalized spacial score (nSPS) is 12.6. The van der Waals surface area contributed by atoms with E-state index in [2.05, 4.69) is 266 Å². The first-order valence-corrected chi connectivity index (χ1v) is 23.9. The monoisotopic (exact) mass is 869 g/mol. The van der Waals surface area contributed by atoms with Crippen molar-refractivity contribution in [3.8, 4) is 44.5 Å². The topological polar surface area (TPSA) is 3.24 Å². The van der Waals surface area contributed by atoms with Crippen molar-refractivity contribution >= 4 is 59.3 Å². The second-order valence-electron chi connectivity index (χ2n) is 17.6. The number of hydrogen-bond donors (Lipinski definition) is 0. The first-order chi connectivity index (χ1) is 33.2. The van der Waals surface area contributed by atoms with Crippen molar-refractivity contribution in [2.45, 2.75) is 5.41 Å². The van der Waals surface area contributed by atoms with E-state index in [0.29, 0.717) is 0 Å². The molecule has 2 heteroatoms. The Bertz CT molecular complexity index is 3790. The van der Waals surface area contributed by atoms with E-state index in [1.165, 1.54) is 92.1 Å². The molecule has 1 nitrogen and oxygen atoms in total. The molecule has 1 aliphatic carbocycles. The zero-order valence-corrected chi connectivity index (χ0v) is 37.5. The van der Waals surface area contributed by atoms with Crippen molar-refractivity contribution in [2.75, 3.05) is 4.90 Å². The summed E-state index contributed by atoms with van der Waals surface area (Å²) in [5, 5.41) is 5.10. The van der Waals surface area contributed by atoms with Gasteiger partial charge in [0.1, 0.15) is 0 Å². The summed E-state index contributed by atoms with van der Waals surface area (Å²) >= 11 is 1.88. The van der Waals surface area contributed by atoms with Crippen LogP contribution in [0.2, 0.25) is 0 Å². The van der Waals surface area contributed by atoms with Crippen molar-refractivity contribution < 1.29 is 0 Å². The third kappa shape index (κ3) is 6.37. The predicted octanol–water partition coefficient (Wildman–Crippen LogP) is 18.0. The number of benzene rings is 11. The molecule has 0 unspecified atom stereocenters. The Morgan fingerprint density at radius 1 is 0.328 bits per heavy atom. The van der Waals surface area contributed by atoms with E-state index >= 15 is 0 Å². The lowest BCUT2D eigenvalue weighted by molar-refractivity contribution is 0.768. The fraction of sp³-hybridized carbons (Fsp3) is 0.0154. The predicted molar refractivity (Wildman–Crippen MR) is 285 cm³/mol. The summed E-state index contributed by atoms with van der Waals surface area (Å²) in [6.07, 6.45) is 0. The molecule has 0 bridgehead atoms. The van der Waals surface area contributed by atoms with Crippen LogP contribution in [-0.2, 0) is 5.41 Å². The van der Waals surface area contributed by atoms with E-state index in [4.69, 9.17) is 0 Å². The Labute approximate surface area is 395 Å². The quantitative estimate of drug-likeness (QED) is 0.147. The third-order valence-electron chi connectivity index (χ3n) is 13.9. The van der Waals surface area contributed by atoms with Crippen molar-refractivity contribution in [3.05, 3.63) is 283 Å². The molecule has 11 aromatic carbocycles. The maximum absolute atomic E-state index is 2.50. The Morgan fingerprint density at radius 3 is 1.63 bits per heavy atom. The molecule has 0 atom stereocenters. The van der Waals surface area contributed by atoms with Crippen LogP contribution >= 0.6 is 11.3 Å². The average Bonchev–Trinajstić information content (AvgIpc) is 3.94. The summed E-state index contributed by atoms with van der Waals surface area (Å²) in [7, 11) is 0. The van der Waals surface area contributed by atoms with Crippen LogP contribution in [0.4, 0.5) is 17.1 Å². The molecule has 0 spiro atoms. The minimum absolute atomic E-state index is 0.525. The zero-order valence-electron chi connectivity index (χ0n) is 36.7. The van der Waals surface area contributed by atoms with Gasteiger partial charge in [-0.15, -0.1) is 11.3 Å². The van der Waals surface area contributed by atoms with Gasteiger partial charge in [-0.3, -0.25) is 0 Å². The highest BCUT2D eigenvalue weighted by atomic mass is 32.1. The van der Waals surface area contributed by atoms with E-state index in [-0.39, 0.29) is 0 Å². The molecule has 0 fully saturated rings. The highest BCUT2D eigenvalue weighted by molar-refractivity contribution is 7.26. The molecule has 1 aromatic heterocycles. The van der Waals surface area contributed by atoms with Gasteiger partial charge >= 0.3 is 0 Å². The number of rotatable bonds is 8. The van der Waals surface area contributed by atoms with Crippen LogP contribution in [0.25, 0.3) is 75.5 Å². The van der Waals surface area contributed by atoms with Crippen molar-refractivity contribution in [1.82, 2.24) is 0 Å². The van der Waals surface area contributed by atoms with Gasteiger partial charge in [0, 0.05) is 37.1 Å². The second-order valence-corrected chi connectivity index (χ2v) is 18.6. The average molecular weight is 870 g/mol. The number of thiophene rings is 1. The van der Waals surface area contributed by atoms with Crippen LogP contribution in [0.3, 0.4) is 0 Å². The Morgan fingerprint density at radius 2 is 0.866 bits per heavy atom. The van der Waals surface area contributed by atoms with E-state index in [1.807, 2.05) is 11.3 Å². The molecule has 1 heterocycles. The molecule has 0 N–H and O–H groups in total. The lowest BCUT2D eigenvalue weighted by atomic mass is 9.68. The summed E-state index contributed by atoms with van der Waals surface area (Å²) < 4.78 is 2.64. The van der Waals surface area contributed by atoms with Gasteiger partial charge in [0.05, 0.1) is 11.1 Å². The summed E-state index contributed by atoms with van der Waals surface area (Å²) in [6.45, 7) is 0. The molecular formula is C65H43NS. The third-order valence-corrected chi connectivity index (χ3v) is 15.1. The first-order valence-electron chi connectivity index (χ1n) is 23.1. The van der Waals surface area contributed by atoms with Gasteiger partial charge < -0.3 is 4.90 Å². The van der Waals surface area contributed by atoms with Crippen LogP contribution in [0.1, 0.15) is 22.3 Å². The smallest absolute Gasteiger partial charge is 0.0714 e. The lowest BCUT2D eigenvalue weighted by Crippen LogP contribution is -2.28. The molecule has 67 heavy (non-hydrogen) atoms. The summed E-state index contributed by atoms with van der Waals surface area (Å²) in [5.41, 5.74) is 17.5. The van der Waals surface area contributed by atoms with E-state index in [0.717, 1.165) is 22.6 Å². The number of nitrogens with zero attached hydrogens (tertiary/aromatic N) is 1. The molecule has 0 radical (unpaired) electrons. The Kier molecular flexibility index (Phi) is 9.33. The van der Waals surface area contributed by atoms with Gasteiger partial charge in [0.2, 0.25) is 0 Å². The SMILES string of the molecule is c1ccc(C2(c3ccccc3)c3ccccc3-c3c(N(c4cccc(-c5cccc(-c6cccc7c6sc6ccccc67)c5)c4)c4cccc(-c5ccc6ccccc6c5)c4)cccc32)cc1. The van der Waals surface area contributed by atoms with Crippen molar-refractivity contribution in [3.63, 3.8) is 0 Å². The summed E-state index contributed by atoms with van der Waals surface area (Å²) in [4.78, 5) is 2.50. The highest BCUT2D eigenvalue weighted by Gasteiger charge is 2.47. The van der Waals surface area contributed by atoms with Crippen molar-refractivity contribution in [1.29, 1.82) is 0 Å². The zero-order chi connectivity index (χ0) is 44.3. The fourth-order valence-electron chi connectivity index (χ4n) is 10.9. The Hall–Kier alpha value is -8.30. The van der Waals surface area contributed by atoms with Crippen LogP contribution in [0, 0.1) is 0 Å². The molecule has 0 saturated carbocycles. The van der Waals surface area contributed by atoms with E-state index < -0.39 is 5.41 Å². The van der Waals surface area contributed by atoms with Crippen LogP contribution in [0.15, 0.2) is 261 Å². The van der Waals surface area contributed by atoms with E-state index in [1.54, 1.807) is 0 Å². The van der Waals surface area contributed by atoms with Crippen LogP contribution in [-0.4, -0.2) is 0 Å². The van der Waals surface area contributed by atoms with Crippen LogP contribution < -0.4 is 4.90 Å². The lowest BCUT2D eigenvalue weighted by Gasteiger charge is -2.34. The standard InChI is InChI=1S/C65H43NS/c1-3-24-51(25-4-1)65(52-26-5-2-6-27-52)59-34-11-9-31-58(59)63-60(65)35-17-36-61(63)66(54-29-15-22-48(43-54)49-39-38-44-18-7-8-19-45(44)40-49)53-28-14-21-47(42-53)46-20-13-23-50(41-46)55-32-16-33-57-56-30-10-12-37-62(56)67-64(55)57/h1-43H. The molecule has 0 amide bonds. The maximum atomic E-state index is 2.50. The molecule has 12 aromatic rings. The molecule has 0 aliphatic heterocycles. The van der Waals surface area contributed by atoms with Gasteiger partial charge in [0.25, 0.3) is 0 Å². The number of hydrogen-bond acceptors (Lipinski definition) is 2. The minimum atomic E-state index is -0.525. The van der Waals surface area contributed by atoms with Crippen molar-refractivity contribution in [2.24, 2.45) is 0 Å². The number of anilines is 3. The molecule has 13 rings (SSSR count). The Balaban J connectivity index is 1.02.